The number of rotatable bonds is 6. The van der Waals surface area contributed by atoms with Crippen LogP contribution in [0.1, 0.15) is 16.9 Å². The zero-order valence-corrected chi connectivity index (χ0v) is 14.9. The van der Waals surface area contributed by atoms with Crippen LogP contribution in [0.15, 0.2) is 41.0 Å². The first-order valence-corrected chi connectivity index (χ1v) is 7.97. The maximum atomic E-state index is 11.9. The minimum absolute atomic E-state index is 0.0924. The molecule has 24 heavy (non-hydrogen) atoms. The summed E-state index contributed by atoms with van der Waals surface area (Å²) in [5.74, 6) is 0.403. The van der Waals surface area contributed by atoms with Crippen molar-refractivity contribution in [1.29, 1.82) is 0 Å². The highest BCUT2D eigenvalue weighted by Crippen LogP contribution is 2.25. The third-order valence-corrected chi connectivity index (χ3v) is 3.61. The quantitative estimate of drug-likeness (QED) is 0.733. The number of carbonyl (C=O) groups excluding carboxylic acids is 2. The predicted octanol–water partition coefficient (Wildman–Crippen LogP) is 2.03. The molecule has 128 valence electrons. The van der Waals surface area contributed by atoms with Gasteiger partial charge < -0.3 is 14.0 Å². The first-order valence-electron chi connectivity index (χ1n) is 7.18. The van der Waals surface area contributed by atoms with Crippen LogP contribution in [-0.4, -0.2) is 30.1 Å². The summed E-state index contributed by atoms with van der Waals surface area (Å²) in [5, 5.41) is 0. The molecule has 2 aromatic rings. The van der Waals surface area contributed by atoms with Gasteiger partial charge in [-0.25, -0.2) is 0 Å². The van der Waals surface area contributed by atoms with Gasteiger partial charge >= 0.3 is 0 Å². The van der Waals surface area contributed by atoms with E-state index in [4.69, 9.17) is 9.47 Å². The molecule has 0 unspecified atom stereocenters. The molecule has 2 rings (SSSR count). The molecular weight excluding hydrogens is 378 g/mol. The Morgan fingerprint density at radius 3 is 2.54 bits per heavy atom. The summed E-state index contributed by atoms with van der Waals surface area (Å²) in [4.78, 5) is 23.7. The Hall–Kier alpha value is -2.48. The number of carbonyl (C=O) groups is 2. The van der Waals surface area contributed by atoms with Crippen LogP contribution in [0.2, 0.25) is 0 Å². The normalized spacial score (nSPS) is 10.1. The first-order chi connectivity index (χ1) is 11.5. The Balaban J connectivity index is 1.75. The van der Waals surface area contributed by atoms with E-state index in [1.165, 1.54) is 0 Å². The van der Waals surface area contributed by atoms with E-state index in [0.717, 1.165) is 4.47 Å². The average molecular weight is 396 g/mol. The van der Waals surface area contributed by atoms with E-state index < -0.39 is 5.91 Å². The molecule has 0 atom stereocenters. The van der Waals surface area contributed by atoms with Gasteiger partial charge in [-0.15, -0.1) is 0 Å². The zero-order chi connectivity index (χ0) is 17.5. The molecule has 2 amide bonds. The molecule has 0 aliphatic heterocycles. The summed E-state index contributed by atoms with van der Waals surface area (Å²) in [6.07, 6.45) is 1.84. The Bertz CT molecular complexity index is 730. The second-order valence-electron chi connectivity index (χ2n) is 4.91. The molecule has 8 heteroatoms. The standard InChI is InChI=1S/C16H18BrN3O4/c1-20-10-11(17)9-12(20)16(22)19-18-15(21)7-8-24-14-6-4-3-5-13(14)23-2/h3-6,9-10H,7-8H2,1-2H3,(H,18,21)(H,19,22). The number of para-hydroxylation sites is 2. The van der Waals surface area contributed by atoms with Crippen molar-refractivity contribution < 1.29 is 19.1 Å². The van der Waals surface area contributed by atoms with Gasteiger partial charge in [0.2, 0.25) is 5.91 Å². The van der Waals surface area contributed by atoms with E-state index in [0.29, 0.717) is 17.2 Å². The number of methoxy groups -OCH3 is 1. The molecule has 0 aliphatic rings. The number of halogens is 1. The summed E-state index contributed by atoms with van der Waals surface area (Å²) in [7, 11) is 3.29. The smallest absolute Gasteiger partial charge is 0.286 e. The van der Waals surface area contributed by atoms with Crippen molar-refractivity contribution in [1.82, 2.24) is 15.4 Å². The highest BCUT2D eigenvalue weighted by molar-refractivity contribution is 9.10. The maximum Gasteiger partial charge on any atom is 0.286 e. The predicted molar refractivity (Wildman–Crippen MR) is 91.8 cm³/mol. The lowest BCUT2D eigenvalue weighted by Gasteiger charge is -2.11. The van der Waals surface area contributed by atoms with Gasteiger partial charge in [-0.05, 0) is 34.1 Å². The van der Waals surface area contributed by atoms with E-state index in [1.807, 2.05) is 12.1 Å². The van der Waals surface area contributed by atoms with Gasteiger partial charge in [0.1, 0.15) is 5.69 Å². The number of hydrogen-bond donors (Lipinski definition) is 2. The minimum atomic E-state index is -0.401. The van der Waals surface area contributed by atoms with Crippen LogP contribution >= 0.6 is 15.9 Å². The number of nitrogens with one attached hydrogen (secondary N) is 2. The van der Waals surface area contributed by atoms with Crippen LogP contribution in [0.3, 0.4) is 0 Å². The van der Waals surface area contributed by atoms with Crippen molar-refractivity contribution in [2.24, 2.45) is 7.05 Å². The van der Waals surface area contributed by atoms with Crippen molar-refractivity contribution >= 4 is 27.7 Å². The number of aryl methyl sites for hydroxylation is 1. The molecule has 0 saturated heterocycles. The molecule has 2 N–H and O–H groups in total. The Labute approximate surface area is 148 Å². The molecule has 1 heterocycles. The molecule has 0 spiro atoms. The molecule has 0 fully saturated rings. The molecule has 1 aromatic heterocycles. The van der Waals surface area contributed by atoms with Gasteiger partial charge in [0, 0.05) is 17.7 Å². The SMILES string of the molecule is COc1ccccc1OCCC(=O)NNC(=O)c1cc(Br)cn1C. The van der Waals surface area contributed by atoms with Crippen LogP contribution < -0.4 is 20.3 Å². The number of hydrogen-bond acceptors (Lipinski definition) is 4. The van der Waals surface area contributed by atoms with Gasteiger partial charge in [0.25, 0.3) is 5.91 Å². The summed E-state index contributed by atoms with van der Waals surface area (Å²) in [5.41, 5.74) is 5.14. The molecule has 0 bridgehead atoms. The molecule has 0 radical (unpaired) electrons. The lowest BCUT2D eigenvalue weighted by atomic mass is 10.3. The van der Waals surface area contributed by atoms with Gasteiger partial charge in [-0.2, -0.15) is 0 Å². The number of benzene rings is 1. The molecule has 0 saturated carbocycles. The molecule has 7 nitrogen and oxygen atoms in total. The van der Waals surface area contributed by atoms with Gasteiger partial charge in [-0.1, -0.05) is 12.1 Å². The lowest BCUT2D eigenvalue weighted by Crippen LogP contribution is -2.42. The fraction of sp³-hybridized carbons (Fsp3) is 0.250. The molecule has 1 aromatic carbocycles. The Kier molecular flexibility index (Phi) is 6.25. The van der Waals surface area contributed by atoms with Crippen molar-refractivity contribution in [2.45, 2.75) is 6.42 Å². The van der Waals surface area contributed by atoms with Crippen LogP contribution in [0, 0.1) is 0 Å². The van der Waals surface area contributed by atoms with E-state index in [2.05, 4.69) is 26.8 Å². The monoisotopic (exact) mass is 395 g/mol. The zero-order valence-electron chi connectivity index (χ0n) is 13.3. The number of ether oxygens (including phenoxy) is 2. The fourth-order valence-corrected chi connectivity index (χ4v) is 2.52. The summed E-state index contributed by atoms with van der Waals surface area (Å²) in [6, 6.07) is 8.83. The largest absolute Gasteiger partial charge is 0.493 e. The van der Waals surface area contributed by atoms with Crippen LogP contribution in [0.5, 0.6) is 11.5 Å². The van der Waals surface area contributed by atoms with E-state index in [-0.39, 0.29) is 18.9 Å². The van der Waals surface area contributed by atoms with Crippen molar-refractivity contribution in [3.05, 3.63) is 46.7 Å². The average Bonchev–Trinajstić information content (AvgIpc) is 2.91. The molecular formula is C16H18BrN3O4. The van der Waals surface area contributed by atoms with Gasteiger partial charge in [0.15, 0.2) is 11.5 Å². The highest BCUT2D eigenvalue weighted by Gasteiger charge is 2.12. The summed E-state index contributed by atoms with van der Waals surface area (Å²) < 4.78 is 13.1. The maximum absolute atomic E-state index is 11.9. The number of aromatic nitrogens is 1. The van der Waals surface area contributed by atoms with Gasteiger partial charge in [0.05, 0.1) is 20.1 Å². The van der Waals surface area contributed by atoms with Crippen molar-refractivity contribution in [3.63, 3.8) is 0 Å². The summed E-state index contributed by atoms with van der Waals surface area (Å²) >= 11 is 3.28. The highest BCUT2D eigenvalue weighted by atomic mass is 79.9. The topological polar surface area (TPSA) is 81.6 Å². The molecule has 0 aliphatic carbocycles. The summed E-state index contributed by atoms with van der Waals surface area (Å²) in [6.45, 7) is 0.164. The van der Waals surface area contributed by atoms with Gasteiger partial charge in [-0.3, -0.25) is 20.4 Å². The lowest BCUT2D eigenvalue weighted by molar-refractivity contribution is -0.122. The Morgan fingerprint density at radius 2 is 1.92 bits per heavy atom. The number of nitrogens with zero attached hydrogens (tertiary/aromatic N) is 1. The van der Waals surface area contributed by atoms with Crippen LogP contribution in [0.25, 0.3) is 0 Å². The second-order valence-corrected chi connectivity index (χ2v) is 5.82. The number of amides is 2. The number of hydrazine groups is 1. The van der Waals surface area contributed by atoms with E-state index >= 15 is 0 Å². The van der Waals surface area contributed by atoms with E-state index in [9.17, 15) is 9.59 Å². The third kappa shape index (κ3) is 4.76. The van der Waals surface area contributed by atoms with Crippen molar-refractivity contribution in [2.75, 3.05) is 13.7 Å². The van der Waals surface area contributed by atoms with Crippen molar-refractivity contribution in [3.8, 4) is 11.5 Å². The van der Waals surface area contributed by atoms with Crippen LogP contribution in [0.4, 0.5) is 0 Å². The fourth-order valence-electron chi connectivity index (χ4n) is 1.99. The van der Waals surface area contributed by atoms with E-state index in [1.54, 1.807) is 43.1 Å². The Morgan fingerprint density at radius 1 is 1.21 bits per heavy atom. The minimum Gasteiger partial charge on any atom is -0.493 e. The third-order valence-electron chi connectivity index (χ3n) is 3.18. The first kappa shape index (κ1) is 17.9. The van der Waals surface area contributed by atoms with Crippen LogP contribution in [-0.2, 0) is 11.8 Å². The second kappa shape index (κ2) is 8.39.